The molecule has 0 heterocycles. The second-order valence-corrected chi connectivity index (χ2v) is 5.29. The summed E-state index contributed by atoms with van der Waals surface area (Å²) in [5.74, 6) is -0.255. The van der Waals surface area contributed by atoms with Crippen LogP contribution in [0, 0.1) is 16.0 Å². The molecule has 20 heavy (non-hydrogen) atoms. The smallest absolute Gasteiger partial charge is 0.317 e. The highest BCUT2D eigenvalue weighted by Crippen LogP contribution is 2.32. The van der Waals surface area contributed by atoms with Crippen LogP contribution < -0.4 is 0 Å². The Kier molecular flexibility index (Phi) is 4.34. The molecule has 0 radical (unpaired) electrons. The summed E-state index contributed by atoms with van der Waals surface area (Å²) in [4.78, 5) is 23.1. The minimum Gasteiger partial charge on any atom is -0.480 e. The SMILES string of the molecule is CC(c1ccc([N+](=O)[O-])cc1)N(CC(=O)O)CC1CC1. The van der Waals surface area contributed by atoms with E-state index in [9.17, 15) is 14.9 Å². The van der Waals surface area contributed by atoms with E-state index in [4.69, 9.17) is 5.11 Å². The molecule has 2 rings (SSSR count). The van der Waals surface area contributed by atoms with Gasteiger partial charge in [0, 0.05) is 24.7 Å². The minimum absolute atomic E-state index is 0.00530. The molecule has 1 aliphatic carbocycles. The second-order valence-electron chi connectivity index (χ2n) is 5.29. The molecule has 0 aliphatic heterocycles. The molecule has 0 amide bonds. The molecule has 6 heteroatoms. The molecule has 1 saturated carbocycles. The van der Waals surface area contributed by atoms with E-state index in [1.54, 1.807) is 12.1 Å². The summed E-state index contributed by atoms with van der Waals surface area (Å²) in [7, 11) is 0. The van der Waals surface area contributed by atoms with Crippen molar-refractivity contribution in [3.8, 4) is 0 Å². The lowest BCUT2D eigenvalue weighted by molar-refractivity contribution is -0.384. The lowest BCUT2D eigenvalue weighted by Gasteiger charge is -2.27. The van der Waals surface area contributed by atoms with Crippen molar-refractivity contribution in [3.05, 3.63) is 39.9 Å². The molecule has 1 unspecified atom stereocenters. The summed E-state index contributed by atoms with van der Waals surface area (Å²) in [5, 5.41) is 19.6. The van der Waals surface area contributed by atoms with Crippen LogP contribution >= 0.6 is 0 Å². The van der Waals surface area contributed by atoms with Crippen LogP contribution in [0.2, 0.25) is 0 Å². The number of aliphatic carboxylic acids is 1. The number of carboxylic acid groups (broad SMARTS) is 1. The van der Waals surface area contributed by atoms with Gasteiger partial charge in [-0.3, -0.25) is 19.8 Å². The van der Waals surface area contributed by atoms with Gasteiger partial charge in [-0.2, -0.15) is 0 Å². The van der Waals surface area contributed by atoms with E-state index in [0.29, 0.717) is 5.92 Å². The third-order valence-electron chi connectivity index (χ3n) is 3.66. The first-order chi connectivity index (χ1) is 9.47. The Balaban J connectivity index is 2.10. The molecule has 0 bridgehead atoms. The van der Waals surface area contributed by atoms with Gasteiger partial charge in [-0.1, -0.05) is 12.1 Å². The van der Waals surface area contributed by atoms with E-state index in [1.165, 1.54) is 12.1 Å². The van der Waals surface area contributed by atoms with Crippen LogP contribution in [0.1, 0.15) is 31.4 Å². The summed E-state index contributed by atoms with van der Waals surface area (Å²) in [6.45, 7) is 2.70. The Morgan fingerprint density at radius 3 is 2.50 bits per heavy atom. The van der Waals surface area contributed by atoms with Gasteiger partial charge in [0.15, 0.2) is 0 Å². The highest BCUT2D eigenvalue weighted by Gasteiger charge is 2.28. The van der Waals surface area contributed by atoms with Crippen molar-refractivity contribution in [1.82, 2.24) is 4.90 Å². The summed E-state index contributed by atoms with van der Waals surface area (Å²) in [6.07, 6.45) is 2.31. The van der Waals surface area contributed by atoms with E-state index in [-0.39, 0.29) is 18.3 Å². The van der Waals surface area contributed by atoms with Crippen LogP contribution in [0.25, 0.3) is 0 Å². The molecule has 1 N–H and O–H groups in total. The number of rotatable bonds is 7. The molecule has 0 spiro atoms. The Hall–Kier alpha value is -1.95. The molecule has 1 aliphatic rings. The zero-order valence-electron chi connectivity index (χ0n) is 11.4. The average Bonchev–Trinajstić information content (AvgIpc) is 3.20. The Labute approximate surface area is 117 Å². The van der Waals surface area contributed by atoms with E-state index in [0.717, 1.165) is 24.9 Å². The number of nitro groups is 1. The standard InChI is InChI=1S/C14H18N2O4/c1-10(12-4-6-13(7-5-12)16(19)20)15(9-14(17)18)8-11-2-3-11/h4-7,10-11H,2-3,8-9H2,1H3,(H,17,18). The zero-order valence-corrected chi connectivity index (χ0v) is 11.4. The minimum atomic E-state index is -0.848. The zero-order chi connectivity index (χ0) is 14.7. The predicted molar refractivity (Wildman–Crippen MR) is 73.4 cm³/mol. The Morgan fingerprint density at radius 2 is 2.05 bits per heavy atom. The maximum atomic E-state index is 11.0. The molecule has 1 aromatic rings. The van der Waals surface area contributed by atoms with Crippen LogP contribution in [0.3, 0.4) is 0 Å². The summed E-state index contributed by atoms with van der Waals surface area (Å²) >= 11 is 0. The average molecular weight is 278 g/mol. The summed E-state index contributed by atoms with van der Waals surface area (Å²) in [5.41, 5.74) is 0.949. The first-order valence-corrected chi connectivity index (χ1v) is 6.67. The van der Waals surface area contributed by atoms with Crippen LogP contribution in [0.5, 0.6) is 0 Å². The Morgan fingerprint density at radius 1 is 1.45 bits per heavy atom. The van der Waals surface area contributed by atoms with Crippen LogP contribution in [0.15, 0.2) is 24.3 Å². The molecule has 1 atom stereocenters. The maximum absolute atomic E-state index is 11.0. The van der Waals surface area contributed by atoms with Crippen molar-refractivity contribution in [1.29, 1.82) is 0 Å². The van der Waals surface area contributed by atoms with Crippen molar-refractivity contribution < 1.29 is 14.8 Å². The number of benzene rings is 1. The fourth-order valence-electron chi connectivity index (χ4n) is 2.25. The lowest BCUT2D eigenvalue weighted by Crippen LogP contribution is -2.34. The number of hydrogen-bond donors (Lipinski definition) is 1. The molecule has 108 valence electrons. The predicted octanol–water partition coefficient (Wildman–Crippen LogP) is 2.45. The normalized spacial score (nSPS) is 16.1. The fraction of sp³-hybridized carbons (Fsp3) is 0.500. The topological polar surface area (TPSA) is 83.7 Å². The molecule has 1 fully saturated rings. The van der Waals surface area contributed by atoms with Gasteiger partial charge in [-0.05, 0) is 31.2 Å². The van der Waals surface area contributed by atoms with Crippen LogP contribution in [-0.2, 0) is 4.79 Å². The number of carboxylic acids is 1. The molecule has 1 aromatic carbocycles. The molecule has 0 aromatic heterocycles. The highest BCUT2D eigenvalue weighted by atomic mass is 16.6. The maximum Gasteiger partial charge on any atom is 0.317 e. The van der Waals surface area contributed by atoms with E-state index >= 15 is 0 Å². The van der Waals surface area contributed by atoms with Crippen LogP contribution in [-0.4, -0.2) is 34.0 Å². The first kappa shape index (κ1) is 14.5. The number of hydrogen-bond acceptors (Lipinski definition) is 4. The quantitative estimate of drug-likeness (QED) is 0.611. The third kappa shape index (κ3) is 3.77. The molecular formula is C14H18N2O4. The largest absolute Gasteiger partial charge is 0.480 e. The van der Waals surface area contributed by atoms with E-state index in [2.05, 4.69) is 0 Å². The summed E-state index contributed by atoms with van der Waals surface area (Å²) < 4.78 is 0. The monoisotopic (exact) mass is 278 g/mol. The Bertz CT molecular complexity index is 496. The number of nitrogens with zero attached hydrogens (tertiary/aromatic N) is 2. The van der Waals surface area contributed by atoms with E-state index < -0.39 is 10.9 Å². The van der Waals surface area contributed by atoms with Gasteiger partial charge in [0.25, 0.3) is 5.69 Å². The third-order valence-corrected chi connectivity index (χ3v) is 3.66. The summed E-state index contributed by atoms with van der Waals surface area (Å²) in [6, 6.07) is 6.26. The second kappa shape index (κ2) is 6.00. The van der Waals surface area contributed by atoms with Gasteiger partial charge < -0.3 is 5.11 Å². The number of non-ortho nitro benzene ring substituents is 1. The molecular weight excluding hydrogens is 260 g/mol. The molecule has 6 nitrogen and oxygen atoms in total. The van der Waals surface area contributed by atoms with Gasteiger partial charge >= 0.3 is 5.97 Å². The van der Waals surface area contributed by atoms with Gasteiger partial charge in [0.2, 0.25) is 0 Å². The fourth-order valence-corrected chi connectivity index (χ4v) is 2.25. The van der Waals surface area contributed by atoms with Crippen molar-refractivity contribution in [2.24, 2.45) is 5.92 Å². The van der Waals surface area contributed by atoms with Crippen molar-refractivity contribution >= 4 is 11.7 Å². The van der Waals surface area contributed by atoms with Gasteiger partial charge in [0.05, 0.1) is 11.5 Å². The van der Waals surface area contributed by atoms with Crippen molar-refractivity contribution in [2.75, 3.05) is 13.1 Å². The van der Waals surface area contributed by atoms with Gasteiger partial charge in [0.1, 0.15) is 0 Å². The van der Waals surface area contributed by atoms with Crippen LogP contribution in [0.4, 0.5) is 5.69 Å². The number of nitro benzene ring substituents is 1. The van der Waals surface area contributed by atoms with Gasteiger partial charge in [-0.25, -0.2) is 0 Å². The molecule has 0 saturated heterocycles. The first-order valence-electron chi connectivity index (χ1n) is 6.67. The van der Waals surface area contributed by atoms with Crippen molar-refractivity contribution in [2.45, 2.75) is 25.8 Å². The number of carbonyl (C=O) groups is 1. The van der Waals surface area contributed by atoms with Crippen molar-refractivity contribution in [3.63, 3.8) is 0 Å². The van der Waals surface area contributed by atoms with Gasteiger partial charge in [-0.15, -0.1) is 0 Å². The lowest BCUT2D eigenvalue weighted by atomic mass is 10.1. The highest BCUT2D eigenvalue weighted by molar-refractivity contribution is 5.69. The van der Waals surface area contributed by atoms with E-state index in [1.807, 2.05) is 11.8 Å².